The minimum Gasteiger partial charge on any atom is -0.397 e. The molecule has 1 aliphatic rings. The number of rotatable bonds is 3. The minimum atomic E-state index is -0.520. The van der Waals surface area contributed by atoms with E-state index in [4.69, 9.17) is 11.5 Å². The van der Waals surface area contributed by atoms with E-state index in [9.17, 15) is 4.79 Å². The Labute approximate surface area is 93.5 Å². The van der Waals surface area contributed by atoms with Crippen molar-refractivity contribution < 1.29 is 4.79 Å². The summed E-state index contributed by atoms with van der Waals surface area (Å²) in [7, 11) is 0. The molecular formula is C11H14N4O. The Kier molecular flexibility index (Phi) is 2.76. The number of carbonyl (C=O) groups excluding carboxylic acids is 1. The van der Waals surface area contributed by atoms with E-state index in [0.29, 0.717) is 17.1 Å². The maximum Gasteiger partial charge on any atom is 0.252 e. The standard InChI is InChI=1S/C11H14N4O/c12-7-5-9(10(13)16)11(14-6-7)15-8-3-1-2-4-8/h1-2,5-6,8H,3-4,12H2,(H2,13,16)(H,14,15). The van der Waals surface area contributed by atoms with Crippen molar-refractivity contribution in [2.24, 2.45) is 5.73 Å². The summed E-state index contributed by atoms with van der Waals surface area (Å²) >= 11 is 0. The van der Waals surface area contributed by atoms with Crippen LogP contribution in [-0.4, -0.2) is 16.9 Å². The van der Waals surface area contributed by atoms with Crippen LogP contribution in [0.25, 0.3) is 0 Å². The molecule has 1 amide bonds. The third-order valence-electron chi connectivity index (χ3n) is 2.52. The van der Waals surface area contributed by atoms with E-state index in [0.717, 1.165) is 12.8 Å². The number of primary amides is 1. The second kappa shape index (κ2) is 4.22. The van der Waals surface area contributed by atoms with Gasteiger partial charge in [0, 0.05) is 6.04 Å². The maximum absolute atomic E-state index is 11.2. The normalized spacial score (nSPS) is 15.2. The van der Waals surface area contributed by atoms with E-state index >= 15 is 0 Å². The van der Waals surface area contributed by atoms with E-state index in [1.165, 1.54) is 6.20 Å². The van der Waals surface area contributed by atoms with Gasteiger partial charge in [-0.05, 0) is 18.9 Å². The quantitative estimate of drug-likeness (QED) is 0.657. The lowest BCUT2D eigenvalue weighted by Gasteiger charge is -2.15. The van der Waals surface area contributed by atoms with Gasteiger partial charge in [-0.25, -0.2) is 4.98 Å². The highest BCUT2D eigenvalue weighted by molar-refractivity contribution is 5.98. The van der Waals surface area contributed by atoms with Crippen LogP contribution >= 0.6 is 0 Å². The van der Waals surface area contributed by atoms with Crippen LogP contribution in [0.2, 0.25) is 0 Å². The molecule has 1 aromatic rings. The molecule has 0 unspecified atom stereocenters. The Bertz CT molecular complexity index is 434. The summed E-state index contributed by atoms with van der Waals surface area (Å²) < 4.78 is 0. The highest BCUT2D eigenvalue weighted by atomic mass is 16.1. The first-order chi connectivity index (χ1) is 7.66. The van der Waals surface area contributed by atoms with Gasteiger partial charge in [0.05, 0.1) is 17.4 Å². The maximum atomic E-state index is 11.2. The molecule has 1 heterocycles. The van der Waals surface area contributed by atoms with Gasteiger partial charge in [0.1, 0.15) is 5.82 Å². The smallest absolute Gasteiger partial charge is 0.252 e. The zero-order valence-corrected chi connectivity index (χ0v) is 8.81. The van der Waals surface area contributed by atoms with Crippen molar-refractivity contribution in [3.8, 4) is 0 Å². The number of pyridine rings is 1. The summed E-state index contributed by atoms with van der Waals surface area (Å²) in [5.74, 6) is -0.0105. The molecule has 0 atom stereocenters. The number of amides is 1. The molecular weight excluding hydrogens is 204 g/mol. The molecule has 5 nitrogen and oxygen atoms in total. The highest BCUT2D eigenvalue weighted by Crippen LogP contribution is 2.20. The summed E-state index contributed by atoms with van der Waals surface area (Å²) in [6.45, 7) is 0. The number of aromatic nitrogens is 1. The van der Waals surface area contributed by atoms with Crippen LogP contribution in [0.15, 0.2) is 24.4 Å². The van der Waals surface area contributed by atoms with Crippen LogP contribution in [0.5, 0.6) is 0 Å². The lowest BCUT2D eigenvalue weighted by molar-refractivity contribution is 0.100. The minimum absolute atomic E-state index is 0.286. The lowest BCUT2D eigenvalue weighted by Crippen LogP contribution is -2.21. The number of anilines is 2. The number of nitrogen functional groups attached to an aromatic ring is 1. The number of nitrogens with zero attached hydrogens (tertiary/aromatic N) is 1. The van der Waals surface area contributed by atoms with Gasteiger partial charge in [-0.3, -0.25) is 4.79 Å². The zero-order chi connectivity index (χ0) is 11.5. The second-order valence-corrected chi connectivity index (χ2v) is 3.81. The van der Waals surface area contributed by atoms with E-state index in [-0.39, 0.29) is 6.04 Å². The van der Waals surface area contributed by atoms with Crippen LogP contribution in [0.1, 0.15) is 23.2 Å². The van der Waals surface area contributed by atoms with Gasteiger partial charge in [-0.1, -0.05) is 12.2 Å². The average molecular weight is 218 g/mol. The number of hydrogen-bond donors (Lipinski definition) is 3. The molecule has 0 saturated carbocycles. The summed E-state index contributed by atoms with van der Waals surface area (Å²) in [5.41, 5.74) is 11.6. The van der Waals surface area contributed by atoms with E-state index in [2.05, 4.69) is 22.5 Å². The zero-order valence-electron chi connectivity index (χ0n) is 8.81. The first-order valence-electron chi connectivity index (χ1n) is 5.13. The van der Waals surface area contributed by atoms with Gasteiger partial charge in [0.25, 0.3) is 5.91 Å². The highest BCUT2D eigenvalue weighted by Gasteiger charge is 2.15. The fourth-order valence-corrected chi connectivity index (χ4v) is 1.71. The fourth-order valence-electron chi connectivity index (χ4n) is 1.71. The molecule has 1 aliphatic carbocycles. The number of carbonyl (C=O) groups is 1. The molecule has 5 heteroatoms. The summed E-state index contributed by atoms with van der Waals surface area (Å²) in [6, 6.07) is 1.83. The van der Waals surface area contributed by atoms with Crippen molar-refractivity contribution >= 4 is 17.4 Å². The van der Waals surface area contributed by atoms with Crippen LogP contribution in [0, 0.1) is 0 Å². The molecule has 0 aliphatic heterocycles. The summed E-state index contributed by atoms with van der Waals surface area (Å²) in [6.07, 6.45) is 7.57. The predicted molar refractivity (Wildman–Crippen MR) is 63.0 cm³/mol. The topological polar surface area (TPSA) is 94.0 Å². The van der Waals surface area contributed by atoms with Crippen molar-refractivity contribution in [2.75, 3.05) is 11.1 Å². The van der Waals surface area contributed by atoms with E-state index in [1.54, 1.807) is 6.07 Å². The molecule has 0 spiro atoms. The fraction of sp³-hybridized carbons (Fsp3) is 0.273. The summed E-state index contributed by atoms with van der Waals surface area (Å²) in [4.78, 5) is 15.3. The van der Waals surface area contributed by atoms with Crippen molar-refractivity contribution in [1.29, 1.82) is 0 Å². The van der Waals surface area contributed by atoms with Crippen molar-refractivity contribution in [2.45, 2.75) is 18.9 Å². The first-order valence-corrected chi connectivity index (χ1v) is 5.13. The molecule has 0 fully saturated rings. The van der Waals surface area contributed by atoms with Gasteiger partial charge in [-0.15, -0.1) is 0 Å². The van der Waals surface area contributed by atoms with Gasteiger partial charge in [0.2, 0.25) is 0 Å². The van der Waals surface area contributed by atoms with Gasteiger partial charge in [-0.2, -0.15) is 0 Å². The number of hydrogen-bond acceptors (Lipinski definition) is 4. The van der Waals surface area contributed by atoms with Crippen LogP contribution in [0.4, 0.5) is 11.5 Å². The SMILES string of the molecule is NC(=O)c1cc(N)cnc1NC1CC=CC1. The molecule has 0 bridgehead atoms. The molecule has 0 saturated heterocycles. The molecule has 0 aromatic carbocycles. The Morgan fingerprint density at radius 1 is 1.44 bits per heavy atom. The molecule has 1 aromatic heterocycles. The largest absolute Gasteiger partial charge is 0.397 e. The van der Waals surface area contributed by atoms with Crippen molar-refractivity contribution in [3.63, 3.8) is 0 Å². The average Bonchev–Trinajstić information content (AvgIpc) is 2.73. The monoisotopic (exact) mass is 218 g/mol. The molecule has 2 rings (SSSR count). The second-order valence-electron chi connectivity index (χ2n) is 3.81. The van der Waals surface area contributed by atoms with Crippen molar-refractivity contribution in [1.82, 2.24) is 4.98 Å². The Hall–Kier alpha value is -2.04. The first kappa shape index (κ1) is 10.5. The number of nitrogens with one attached hydrogen (secondary N) is 1. The van der Waals surface area contributed by atoms with E-state index < -0.39 is 5.91 Å². The molecule has 84 valence electrons. The van der Waals surface area contributed by atoms with Gasteiger partial charge < -0.3 is 16.8 Å². The Morgan fingerprint density at radius 2 is 2.12 bits per heavy atom. The van der Waals surface area contributed by atoms with Crippen LogP contribution in [0.3, 0.4) is 0 Å². The Balaban J connectivity index is 2.22. The van der Waals surface area contributed by atoms with Crippen LogP contribution < -0.4 is 16.8 Å². The molecule has 5 N–H and O–H groups in total. The third-order valence-corrected chi connectivity index (χ3v) is 2.52. The van der Waals surface area contributed by atoms with Gasteiger partial charge >= 0.3 is 0 Å². The van der Waals surface area contributed by atoms with Crippen LogP contribution in [-0.2, 0) is 0 Å². The van der Waals surface area contributed by atoms with Crippen molar-refractivity contribution in [3.05, 3.63) is 30.0 Å². The lowest BCUT2D eigenvalue weighted by atomic mass is 10.2. The molecule has 0 radical (unpaired) electrons. The summed E-state index contributed by atoms with van der Waals surface area (Å²) in [5, 5.41) is 3.19. The third kappa shape index (κ3) is 2.13. The number of nitrogens with two attached hydrogens (primary N) is 2. The molecule has 16 heavy (non-hydrogen) atoms. The van der Waals surface area contributed by atoms with E-state index in [1.807, 2.05) is 0 Å². The predicted octanol–water partition coefficient (Wildman–Crippen LogP) is 0.893. The Morgan fingerprint density at radius 3 is 2.75 bits per heavy atom. The van der Waals surface area contributed by atoms with Gasteiger partial charge in [0.15, 0.2) is 0 Å².